The summed E-state index contributed by atoms with van der Waals surface area (Å²) in [4.78, 5) is 23.3. The summed E-state index contributed by atoms with van der Waals surface area (Å²) in [5.41, 5.74) is 5.28. The number of carbonyl (C=O) groups is 1. The molecule has 0 fully saturated rings. The summed E-state index contributed by atoms with van der Waals surface area (Å²) in [6, 6.07) is 19.8. The quantitative estimate of drug-likeness (QED) is 0.349. The van der Waals surface area contributed by atoms with Crippen LogP contribution in [0.5, 0.6) is 0 Å². The summed E-state index contributed by atoms with van der Waals surface area (Å²) >= 11 is 1.56. The van der Waals surface area contributed by atoms with Crippen molar-refractivity contribution in [2.75, 3.05) is 5.32 Å². The minimum absolute atomic E-state index is 0.140. The minimum Gasteiger partial charge on any atom is -0.306 e. The second kappa shape index (κ2) is 8.02. The van der Waals surface area contributed by atoms with Gasteiger partial charge in [0, 0.05) is 39.7 Å². The van der Waals surface area contributed by atoms with Gasteiger partial charge >= 0.3 is 0 Å². The summed E-state index contributed by atoms with van der Waals surface area (Å²) in [7, 11) is 0. The maximum absolute atomic E-state index is 12.7. The number of benzene rings is 1. The van der Waals surface area contributed by atoms with Crippen LogP contribution in [-0.2, 0) is 4.79 Å². The van der Waals surface area contributed by atoms with Crippen molar-refractivity contribution in [1.29, 1.82) is 0 Å². The minimum atomic E-state index is -0.140. The maximum Gasteiger partial charge on any atom is 0.257 e. The highest BCUT2D eigenvalue weighted by Crippen LogP contribution is 2.36. The second-order valence-corrected chi connectivity index (χ2v) is 8.20. The van der Waals surface area contributed by atoms with Crippen LogP contribution in [0.25, 0.3) is 22.8 Å². The van der Waals surface area contributed by atoms with Gasteiger partial charge in [-0.25, -0.2) is 4.98 Å². The monoisotopic (exact) mass is 419 g/mol. The molecule has 0 radical (unpaired) electrons. The Hall–Kier alpha value is -4.01. The number of amides is 1. The number of hydrogen-bond donors (Lipinski definition) is 1. The van der Waals surface area contributed by atoms with E-state index < -0.39 is 0 Å². The van der Waals surface area contributed by atoms with Gasteiger partial charge in [-0.05, 0) is 61.0 Å². The molecule has 1 aromatic carbocycles. The number of aryl methyl sites for hydroxylation is 1. The van der Waals surface area contributed by atoms with Crippen LogP contribution >= 0.6 is 11.3 Å². The number of carbonyl (C=O) groups excluding carboxylic acids is 1. The third kappa shape index (κ3) is 3.89. The molecule has 1 aliphatic rings. The molecule has 1 aliphatic heterocycles. The number of hydrogen-bond acceptors (Lipinski definition) is 4. The fourth-order valence-electron chi connectivity index (χ4n) is 3.47. The molecule has 0 atom stereocenters. The van der Waals surface area contributed by atoms with Crippen molar-refractivity contribution in [3.8, 4) is 23.0 Å². The molecule has 3 aromatic heterocycles. The van der Waals surface area contributed by atoms with E-state index >= 15 is 0 Å². The van der Waals surface area contributed by atoms with E-state index in [9.17, 15) is 4.79 Å². The molecule has 0 spiro atoms. The molecule has 0 unspecified atom stereocenters. The molecule has 0 aliphatic carbocycles. The van der Waals surface area contributed by atoms with Crippen molar-refractivity contribution in [2.45, 2.75) is 6.92 Å². The zero-order valence-corrected chi connectivity index (χ0v) is 17.5. The Kier molecular flexibility index (Phi) is 4.91. The van der Waals surface area contributed by atoms with E-state index in [2.05, 4.69) is 27.1 Å². The van der Waals surface area contributed by atoms with Crippen molar-refractivity contribution < 1.29 is 4.79 Å². The number of nitrogens with zero attached hydrogens (tertiary/aromatic N) is 2. The van der Waals surface area contributed by atoms with E-state index in [1.807, 2.05) is 73.7 Å². The molecule has 0 saturated carbocycles. The van der Waals surface area contributed by atoms with Crippen LogP contribution < -0.4 is 5.32 Å². The molecule has 0 bridgehead atoms. The van der Waals surface area contributed by atoms with Crippen LogP contribution in [0, 0.1) is 18.8 Å². The number of aromatic nitrogens is 2. The normalized spacial score (nSPS) is 13.5. The summed E-state index contributed by atoms with van der Waals surface area (Å²) in [6.07, 6.45) is 5.42. The Morgan fingerprint density at radius 2 is 1.77 bits per heavy atom. The SMILES string of the molecule is Cc1nc2c(cc1-c1ccncc1)C(=Cc1ccc(C#Cc3ccccc3)s1)C(=O)N2. The van der Waals surface area contributed by atoms with Crippen molar-refractivity contribution in [3.63, 3.8) is 0 Å². The van der Waals surface area contributed by atoms with E-state index in [0.717, 1.165) is 37.7 Å². The largest absolute Gasteiger partial charge is 0.306 e. The fraction of sp³-hybridized carbons (Fsp3) is 0.0385. The Bertz CT molecular complexity index is 1380. The molecule has 1 amide bonds. The molecule has 4 nitrogen and oxygen atoms in total. The standard InChI is InChI=1S/C26H17N3OS/c1-17-22(19-11-13-27-14-12-19)16-23-24(26(30)29-25(23)28-17)15-21-10-9-20(31-21)8-7-18-5-3-2-4-6-18/h2-6,9-16H,1H3,(H,28,29,30). The van der Waals surface area contributed by atoms with Crippen LogP contribution in [0.1, 0.15) is 26.6 Å². The van der Waals surface area contributed by atoms with Gasteiger partial charge in [0.2, 0.25) is 0 Å². The molecule has 5 rings (SSSR count). The average molecular weight is 420 g/mol. The zero-order valence-electron chi connectivity index (χ0n) is 16.7. The first-order valence-corrected chi connectivity index (χ1v) is 10.6. The number of nitrogens with one attached hydrogen (secondary N) is 1. The van der Waals surface area contributed by atoms with Crippen LogP contribution in [-0.4, -0.2) is 15.9 Å². The zero-order chi connectivity index (χ0) is 21.2. The lowest BCUT2D eigenvalue weighted by atomic mass is 10.0. The van der Waals surface area contributed by atoms with Crippen molar-refractivity contribution in [1.82, 2.24) is 9.97 Å². The van der Waals surface area contributed by atoms with E-state index in [-0.39, 0.29) is 5.91 Å². The lowest BCUT2D eigenvalue weighted by molar-refractivity contribution is -0.110. The van der Waals surface area contributed by atoms with Gasteiger partial charge in [-0.1, -0.05) is 30.0 Å². The van der Waals surface area contributed by atoms with Crippen LogP contribution in [0.15, 0.2) is 73.1 Å². The van der Waals surface area contributed by atoms with E-state index in [1.165, 1.54) is 0 Å². The third-order valence-corrected chi connectivity index (χ3v) is 5.94. The fourth-order valence-corrected chi connectivity index (χ4v) is 4.27. The molecular formula is C26H17N3OS. The van der Waals surface area contributed by atoms with Crippen LogP contribution in [0.3, 0.4) is 0 Å². The summed E-state index contributed by atoms with van der Waals surface area (Å²) in [5.74, 6) is 6.83. The van der Waals surface area contributed by atoms with Crippen molar-refractivity contribution >= 4 is 34.7 Å². The molecule has 31 heavy (non-hydrogen) atoms. The van der Waals surface area contributed by atoms with Gasteiger partial charge in [0.15, 0.2) is 0 Å². The number of thiophene rings is 1. The molecule has 0 saturated heterocycles. The first-order chi connectivity index (χ1) is 15.2. The van der Waals surface area contributed by atoms with Gasteiger partial charge < -0.3 is 5.32 Å². The average Bonchev–Trinajstić information content (AvgIpc) is 3.37. The molecule has 148 valence electrons. The molecular weight excluding hydrogens is 402 g/mol. The number of rotatable bonds is 2. The van der Waals surface area contributed by atoms with Crippen LogP contribution in [0.4, 0.5) is 5.82 Å². The summed E-state index contributed by atoms with van der Waals surface area (Å²) < 4.78 is 0. The second-order valence-electron chi connectivity index (χ2n) is 7.08. The predicted molar refractivity (Wildman–Crippen MR) is 125 cm³/mol. The van der Waals surface area contributed by atoms with Crippen LogP contribution in [0.2, 0.25) is 0 Å². The van der Waals surface area contributed by atoms with Gasteiger partial charge in [-0.3, -0.25) is 9.78 Å². The Labute approximate surface area is 184 Å². The molecule has 5 heteroatoms. The maximum atomic E-state index is 12.7. The van der Waals surface area contributed by atoms with Gasteiger partial charge in [-0.15, -0.1) is 11.3 Å². The summed E-state index contributed by atoms with van der Waals surface area (Å²) in [5, 5.41) is 2.89. The lowest BCUT2D eigenvalue weighted by Crippen LogP contribution is -2.04. The number of pyridine rings is 2. The molecule has 1 N–H and O–H groups in total. The Morgan fingerprint density at radius 3 is 2.58 bits per heavy atom. The van der Waals surface area contributed by atoms with Crippen molar-refractivity contribution in [2.24, 2.45) is 0 Å². The smallest absolute Gasteiger partial charge is 0.257 e. The van der Waals surface area contributed by atoms with Gasteiger partial charge in [-0.2, -0.15) is 0 Å². The number of fused-ring (bicyclic) bond motifs is 1. The van der Waals surface area contributed by atoms with E-state index in [1.54, 1.807) is 23.7 Å². The van der Waals surface area contributed by atoms with Gasteiger partial charge in [0.25, 0.3) is 5.91 Å². The Morgan fingerprint density at radius 1 is 0.968 bits per heavy atom. The highest BCUT2D eigenvalue weighted by Gasteiger charge is 2.27. The van der Waals surface area contributed by atoms with E-state index in [4.69, 9.17) is 0 Å². The topological polar surface area (TPSA) is 54.9 Å². The van der Waals surface area contributed by atoms with Crippen molar-refractivity contribution in [3.05, 3.63) is 99.6 Å². The molecule has 4 heterocycles. The number of anilines is 1. The predicted octanol–water partition coefficient (Wildman–Crippen LogP) is 5.41. The third-order valence-electron chi connectivity index (χ3n) is 4.99. The molecule has 4 aromatic rings. The van der Waals surface area contributed by atoms with E-state index in [0.29, 0.717) is 11.4 Å². The highest BCUT2D eigenvalue weighted by molar-refractivity contribution is 7.13. The highest BCUT2D eigenvalue weighted by atomic mass is 32.1. The first-order valence-electron chi connectivity index (χ1n) is 9.80. The summed E-state index contributed by atoms with van der Waals surface area (Å²) in [6.45, 7) is 1.95. The van der Waals surface area contributed by atoms with Gasteiger partial charge in [0.1, 0.15) is 5.82 Å². The first kappa shape index (κ1) is 19.0. The lowest BCUT2D eigenvalue weighted by Gasteiger charge is -2.08. The Balaban J connectivity index is 1.49. The van der Waals surface area contributed by atoms with Gasteiger partial charge in [0.05, 0.1) is 10.5 Å².